The zero-order valence-corrected chi connectivity index (χ0v) is 51.2. The number of nitrogens with zero attached hydrogens (tertiary/aromatic N) is 1. The van der Waals surface area contributed by atoms with Crippen LogP contribution >= 0.6 is 7.82 Å². The number of hydrogen-bond acceptors (Lipinski definition) is 5. The van der Waals surface area contributed by atoms with Gasteiger partial charge in [-0.1, -0.05) is 280 Å². The summed E-state index contributed by atoms with van der Waals surface area (Å²) in [5.74, 6) is -0.188. The second-order valence-electron chi connectivity index (χ2n) is 23.1. The summed E-state index contributed by atoms with van der Waals surface area (Å²) in [6.07, 6.45) is 78.0. The highest BCUT2D eigenvalue weighted by Crippen LogP contribution is 2.43. The number of carbonyl (C=O) groups excluding carboxylic acids is 1. The molecule has 0 bridgehead atoms. The minimum Gasteiger partial charge on any atom is -0.387 e. The monoisotopic (exact) mass is 1070 g/mol. The largest absolute Gasteiger partial charge is 0.472 e. The van der Waals surface area contributed by atoms with Crippen LogP contribution in [-0.4, -0.2) is 73.4 Å². The van der Waals surface area contributed by atoms with Crippen LogP contribution in [0, 0.1) is 0 Å². The normalized spacial score (nSPS) is 14.2. The van der Waals surface area contributed by atoms with Gasteiger partial charge in [0.15, 0.2) is 0 Å². The molecule has 0 aromatic rings. The first kappa shape index (κ1) is 73.2. The molecule has 3 unspecified atom stereocenters. The van der Waals surface area contributed by atoms with Crippen molar-refractivity contribution in [3.8, 4) is 0 Å². The van der Waals surface area contributed by atoms with E-state index in [0.29, 0.717) is 17.4 Å². The Morgan fingerprint density at radius 2 is 0.773 bits per heavy atom. The molecule has 3 atom stereocenters. The van der Waals surface area contributed by atoms with Gasteiger partial charge < -0.3 is 19.8 Å². The number of rotatable bonds is 59. The standard InChI is InChI=1S/C66H125N2O6P/c1-6-8-10-12-14-16-18-20-22-23-24-25-26-27-28-29-30-31-32-33-34-35-36-37-38-39-40-41-42-43-44-45-46-48-50-52-54-56-58-60-66(70)67-64(63-74-75(71,72)73-62-61-68(3,4)5)65(69)59-57-55-53-51-49-47-21-19-17-15-13-11-9-7-2/h17-20,23-24,49,51,57,59,64-65,69H,6-16,21-22,25-48,50,52-56,58,60-63H2,1-5H3,(H-,67,70,71,72)/p+1/b19-17+,20-18-,24-23-,51-49+,59-57+. The third-order valence-corrected chi connectivity index (χ3v) is 15.4. The van der Waals surface area contributed by atoms with Crippen LogP contribution in [0.25, 0.3) is 0 Å². The van der Waals surface area contributed by atoms with Gasteiger partial charge in [-0.3, -0.25) is 13.8 Å². The summed E-state index contributed by atoms with van der Waals surface area (Å²) < 4.78 is 23.7. The molecule has 0 saturated carbocycles. The number of likely N-dealkylation sites (N-methyl/N-ethyl adjacent to an activating group) is 1. The van der Waals surface area contributed by atoms with E-state index in [4.69, 9.17) is 9.05 Å². The summed E-state index contributed by atoms with van der Waals surface area (Å²) >= 11 is 0. The molecule has 9 heteroatoms. The number of amides is 1. The fraction of sp³-hybridized carbons (Fsp3) is 0.833. The molecule has 8 nitrogen and oxygen atoms in total. The summed E-state index contributed by atoms with van der Waals surface area (Å²) in [5, 5.41) is 13.9. The first-order valence-electron chi connectivity index (χ1n) is 32.2. The highest BCUT2D eigenvalue weighted by molar-refractivity contribution is 7.47. The highest BCUT2D eigenvalue weighted by atomic mass is 31.2. The van der Waals surface area contributed by atoms with Crippen molar-refractivity contribution in [1.82, 2.24) is 5.32 Å². The van der Waals surface area contributed by atoms with Crippen molar-refractivity contribution < 1.29 is 32.9 Å². The molecule has 75 heavy (non-hydrogen) atoms. The number of phosphoric ester groups is 1. The molecule has 0 rings (SSSR count). The lowest BCUT2D eigenvalue weighted by Gasteiger charge is -2.25. The van der Waals surface area contributed by atoms with Crippen LogP contribution in [0.4, 0.5) is 0 Å². The number of aliphatic hydroxyl groups is 1. The van der Waals surface area contributed by atoms with Crippen molar-refractivity contribution in [2.45, 2.75) is 315 Å². The molecule has 1 amide bonds. The molecule has 0 radical (unpaired) electrons. The molecule has 0 spiro atoms. The number of aliphatic hydroxyl groups excluding tert-OH is 1. The van der Waals surface area contributed by atoms with Crippen molar-refractivity contribution >= 4 is 13.7 Å². The van der Waals surface area contributed by atoms with E-state index in [1.54, 1.807) is 6.08 Å². The Hall–Kier alpha value is -1.80. The second kappa shape index (κ2) is 56.9. The molecule has 0 heterocycles. The van der Waals surface area contributed by atoms with E-state index in [9.17, 15) is 19.4 Å². The Morgan fingerprint density at radius 3 is 1.16 bits per heavy atom. The smallest absolute Gasteiger partial charge is 0.387 e. The van der Waals surface area contributed by atoms with Gasteiger partial charge in [-0.2, -0.15) is 0 Å². The second-order valence-corrected chi connectivity index (χ2v) is 24.6. The van der Waals surface area contributed by atoms with Crippen LogP contribution in [-0.2, 0) is 18.4 Å². The van der Waals surface area contributed by atoms with Crippen molar-refractivity contribution in [3.63, 3.8) is 0 Å². The lowest BCUT2D eigenvalue weighted by molar-refractivity contribution is -0.870. The van der Waals surface area contributed by atoms with Gasteiger partial charge in [0.05, 0.1) is 39.9 Å². The fourth-order valence-corrected chi connectivity index (χ4v) is 10.1. The van der Waals surface area contributed by atoms with Gasteiger partial charge in [-0.25, -0.2) is 4.57 Å². The van der Waals surface area contributed by atoms with Gasteiger partial charge in [0.25, 0.3) is 0 Å². The molecular weight excluding hydrogens is 948 g/mol. The maximum Gasteiger partial charge on any atom is 0.472 e. The van der Waals surface area contributed by atoms with Crippen molar-refractivity contribution in [1.29, 1.82) is 0 Å². The summed E-state index contributed by atoms with van der Waals surface area (Å²) in [4.78, 5) is 23.3. The van der Waals surface area contributed by atoms with E-state index >= 15 is 0 Å². The fourth-order valence-electron chi connectivity index (χ4n) is 9.40. The predicted molar refractivity (Wildman–Crippen MR) is 327 cm³/mol. The predicted octanol–water partition coefficient (Wildman–Crippen LogP) is 20.0. The number of unbranched alkanes of at least 4 members (excludes halogenated alkanes) is 38. The van der Waals surface area contributed by atoms with Crippen molar-refractivity contribution in [2.75, 3.05) is 40.9 Å². The molecule has 3 N–H and O–H groups in total. The average molecular weight is 1070 g/mol. The topological polar surface area (TPSA) is 105 Å². The van der Waals surface area contributed by atoms with E-state index in [0.717, 1.165) is 51.4 Å². The van der Waals surface area contributed by atoms with E-state index in [-0.39, 0.29) is 19.1 Å². The molecular formula is C66H126N2O6P+. The van der Waals surface area contributed by atoms with E-state index in [1.807, 2.05) is 27.2 Å². The average Bonchev–Trinajstić information content (AvgIpc) is 3.37. The minimum atomic E-state index is -4.36. The van der Waals surface area contributed by atoms with Crippen LogP contribution in [0.2, 0.25) is 0 Å². The summed E-state index contributed by atoms with van der Waals surface area (Å²) in [7, 11) is 1.55. The van der Waals surface area contributed by atoms with Gasteiger partial charge in [-0.05, 0) is 77.0 Å². The van der Waals surface area contributed by atoms with E-state index < -0.39 is 20.0 Å². The summed E-state index contributed by atoms with van der Waals surface area (Å²) in [6.45, 7) is 4.77. The Morgan fingerprint density at radius 1 is 0.453 bits per heavy atom. The quantitative estimate of drug-likeness (QED) is 0.0243. The number of phosphoric acid groups is 1. The Balaban J connectivity index is 3.90. The first-order chi connectivity index (χ1) is 36.5. The molecule has 0 fully saturated rings. The number of quaternary nitrogens is 1. The minimum absolute atomic E-state index is 0.0537. The summed E-state index contributed by atoms with van der Waals surface area (Å²) in [6, 6.07) is -0.869. The van der Waals surface area contributed by atoms with E-state index in [1.165, 1.54) is 231 Å². The lowest BCUT2D eigenvalue weighted by Crippen LogP contribution is -2.45. The molecule has 0 saturated heterocycles. The zero-order chi connectivity index (χ0) is 54.9. The molecule has 440 valence electrons. The van der Waals surface area contributed by atoms with Crippen molar-refractivity contribution in [2.24, 2.45) is 0 Å². The molecule has 0 aliphatic heterocycles. The number of allylic oxidation sites excluding steroid dienone is 9. The molecule has 0 aliphatic rings. The van der Waals surface area contributed by atoms with Crippen LogP contribution in [0.15, 0.2) is 60.8 Å². The van der Waals surface area contributed by atoms with Gasteiger partial charge in [0.2, 0.25) is 5.91 Å². The van der Waals surface area contributed by atoms with Crippen LogP contribution < -0.4 is 5.32 Å². The number of hydrogen-bond donors (Lipinski definition) is 3. The van der Waals surface area contributed by atoms with Gasteiger partial charge >= 0.3 is 7.82 Å². The maximum atomic E-state index is 13.0. The van der Waals surface area contributed by atoms with Crippen molar-refractivity contribution in [3.05, 3.63) is 60.8 Å². The molecule has 0 aromatic heterocycles. The molecule has 0 aromatic carbocycles. The SMILES string of the molecule is CCCCCC/C=C/CC/C=C/CC/C=C/C(O)C(COP(=O)(O)OCC[N+](C)(C)C)NC(=O)CCCCCCCCCCCCCCCCCCCCCCCCCCCCC/C=C\C/C=C\CCCCCCC. The summed E-state index contributed by atoms with van der Waals surface area (Å²) in [5.41, 5.74) is 0. The number of carbonyl (C=O) groups is 1. The van der Waals surface area contributed by atoms with Gasteiger partial charge in [0, 0.05) is 6.42 Å². The van der Waals surface area contributed by atoms with Crippen LogP contribution in [0.5, 0.6) is 0 Å². The molecule has 0 aliphatic carbocycles. The Bertz CT molecular complexity index is 1400. The first-order valence-corrected chi connectivity index (χ1v) is 33.7. The third-order valence-electron chi connectivity index (χ3n) is 14.4. The highest BCUT2D eigenvalue weighted by Gasteiger charge is 2.27. The van der Waals surface area contributed by atoms with Gasteiger partial charge in [0.1, 0.15) is 13.2 Å². The third kappa shape index (κ3) is 59.7. The van der Waals surface area contributed by atoms with Crippen LogP contribution in [0.3, 0.4) is 0 Å². The Labute approximate surface area is 466 Å². The lowest BCUT2D eigenvalue weighted by atomic mass is 10.0. The number of nitrogens with one attached hydrogen (secondary N) is 1. The Kier molecular flexibility index (Phi) is 55.5. The zero-order valence-electron chi connectivity index (χ0n) is 50.3. The van der Waals surface area contributed by atoms with Crippen LogP contribution in [0.1, 0.15) is 303 Å². The van der Waals surface area contributed by atoms with E-state index in [2.05, 4.69) is 67.8 Å². The maximum absolute atomic E-state index is 13.0. The van der Waals surface area contributed by atoms with Gasteiger partial charge in [-0.15, -0.1) is 0 Å².